The predicted octanol–water partition coefficient (Wildman–Crippen LogP) is 5.16. The third kappa shape index (κ3) is 2.90. The zero-order chi connectivity index (χ0) is 22.7. The zero-order valence-corrected chi connectivity index (χ0v) is 19.6. The Hall–Kier alpha value is -3.12. The molecule has 6 nitrogen and oxygen atoms in total. The van der Waals surface area contributed by atoms with Crippen molar-refractivity contribution >= 4 is 34.7 Å². The van der Waals surface area contributed by atoms with Crippen molar-refractivity contribution in [2.75, 3.05) is 16.5 Å². The highest BCUT2D eigenvalue weighted by molar-refractivity contribution is 6.30. The number of aryl methyl sites for hydroxylation is 1. The molecule has 3 aliphatic heterocycles. The second-order valence-electron chi connectivity index (χ2n) is 9.27. The van der Waals surface area contributed by atoms with Gasteiger partial charge < -0.3 is 4.90 Å². The largest absolute Gasteiger partial charge is 0.352 e. The lowest BCUT2D eigenvalue weighted by Gasteiger charge is -2.50. The third-order valence-corrected chi connectivity index (χ3v) is 7.75. The first-order valence-corrected chi connectivity index (χ1v) is 11.9. The van der Waals surface area contributed by atoms with E-state index in [-0.39, 0.29) is 11.9 Å². The van der Waals surface area contributed by atoms with Gasteiger partial charge in [-0.05, 0) is 75.9 Å². The smallest absolute Gasteiger partial charge is 0.261 e. The monoisotopic (exact) mass is 459 g/mol. The SMILES string of the molecule is CC1=NN(c2ccc(Cl)cc2)C(=O)[C@]12Cc1c(C)nn(-c3ccccc3)c1N1CCCC[C@@H]12. The van der Waals surface area contributed by atoms with Crippen molar-refractivity contribution in [3.05, 3.63) is 70.9 Å². The Kier molecular flexibility index (Phi) is 4.63. The molecule has 7 heteroatoms. The number of hydrogen-bond donors (Lipinski definition) is 0. The Bertz CT molecular complexity index is 1270. The number of hydrogen-bond acceptors (Lipinski definition) is 4. The third-order valence-electron chi connectivity index (χ3n) is 7.50. The minimum absolute atomic E-state index is 0.0525. The molecule has 1 spiro atoms. The maximum Gasteiger partial charge on any atom is 0.261 e. The Morgan fingerprint density at radius 2 is 1.76 bits per heavy atom. The van der Waals surface area contributed by atoms with Crippen LogP contribution in [0.3, 0.4) is 0 Å². The van der Waals surface area contributed by atoms with Crippen LogP contribution in [0.5, 0.6) is 0 Å². The summed E-state index contributed by atoms with van der Waals surface area (Å²) < 4.78 is 2.07. The van der Waals surface area contributed by atoms with Crippen LogP contribution in [0.4, 0.5) is 11.5 Å². The lowest BCUT2D eigenvalue weighted by atomic mass is 9.66. The molecule has 33 heavy (non-hydrogen) atoms. The van der Waals surface area contributed by atoms with Crippen LogP contribution in [0.1, 0.15) is 37.4 Å². The van der Waals surface area contributed by atoms with Crippen molar-refractivity contribution in [1.29, 1.82) is 0 Å². The van der Waals surface area contributed by atoms with Gasteiger partial charge in [-0.2, -0.15) is 15.2 Å². The Morgan fingerprint density at radius 3 is 2.52 bits per heavy atom. The first-order chi connectivity index (χ1) is 16.0. The van der Waals surface area contributed by atoms with Crippen LogP contribution in [-0.2, 0) is 11.2 Å². The molecular weight excluding hydrogens is 434 g/mol. The summed E-state index contributed by atoms with van der Waals surface area (Å²) in [7, 11) is 0. The second-order valence-corrected chi connectivity index (χ2v) is 9.70. The molecule has 1 aromatic heterocycles. The van der Waals surface area contributed by atoms with E-state index in [0.717, 1.165) is 60.0 Å². The van der Waals surface area contributed by atoms with Gasteiger partial charge in [0.1, 0.15) is 11.2 Å². The van der Waals surface area contributed by atoms with E-state index in [0.29, 0.717) is 11.4 Å². The Balaban J connectivity index is 1.49. The summed E-state index contributed by atoms with van der Waals surface area (Å²) in [5, 5.41) is 12.0. The number of anilines is 2. The summed E-state index contributed by atoms with van der Waals surface area (Å²) in [4.78, 5) is 16.6. The number of nitrogens with zero attached hydrogens (tertiary/aromatic N) is 5. The molecule has 0 bridgehead atoms. The average Bonchev–Trinajstić information content (AvgIpc) is 3.30. The molecule has 1 fully saturated rings. The van der Waals surface area contributed by atoms with Gasteiger partial charge in [0.2, 0.25) is 0 Å². The van der Waals surface area contributed by atoms with Crippen LogP contribution >= 0.6 is 11.6 Å². The number of fused-ring (bicyclic) bond motifs is 4. The van der Waals surface area contributed by atoms with Crippen LogP contribution in [0, 0.1) is 12.3 Å². The number of para-hydroxylation sites is 1. The van der Waals surface area contributed by atoms with Crippen LogP contribution in [0.15, 0.2) is 59.7 Å². The first-order valence-electron chi connectivity index (χ1n) is 11.6. The molecule has 2 aromatic carbocycles. The van der Waals surface area contributed by atoms with Crippen molar-refractivity contribution in [1.82, 2.24) is 9.78 Å². The van der Waals surface area contributed by atoms with Crippen molar-refractivity contribution in [2.45, 2.75) is 45.6 Å². The summed E-state index contributed by atoms with van der Waals surface area (Å²) in [6.45, 7) is 4.99. The normalized spacial score (nSPS) is 24.2. The average molecular weight is 460 g/mol. The second kappa shape index (κ2) is 7.45. The van der Waals surface area contributed by atoms with E-state index in [1.165, 1.54) is 0 Å². The number of amides is 1. The highest BCUT2D eigenvalue weighted by Crippen LogP contribution is 2.51. The lowest BCUT2D eigenvalue weighted by molar-refractivity contribution is -0.125. The molecular formula is C26H26ClN5O. The minimum Gasteiger partial charge on any atom is -0.352 e. The number of piperidine rings is 1. The standard InChI is InChI=1S/C26H26ClN5O/c1-17-22-16-26(18(2)29-32(25(26)33)21-13-11-19(27)12-14-21)23-10-6-7-15-30(23)24(22)31(28-17)20-8-4-3-5-9-20/h3-5,8-9,11-14,23H,6-7,10,15-16H2,1-2H3/t23-,26-/m1/s1. The molecule has 1 saturated heterocycles. The number of rotatable bonds is 2. The number of halogens is 1. The lowest BCUT2D eigenvalue weighted by Crippen LogP contribution is -2.61. The molecule has 0 N–H and O–H groups in total. The van der Waals surface area contributed by atoms with Crippen molar-refractivity contribution < 1.29 is 4.79 Å². The van der Waals surface area contributed by atoms with Crippen molar-refractivity contribution in [2.24, 2.45) is 10.5 Å². The highest BCUT2D eigenvalue weighted by Gasteiger charge is 2.60. The number of carbonyl (C=O) groups excluding carboxylic acids is 1. The fourth-order valence-corrected chi connectivity index (χ4v) is 5.99. The van der Waals surface area contributed by atoms with E-state index in [2.05, 4.69) is 28.6 Å². The highest BCUT2D eigenvalue weighted by atomic mass is 35.5. The molecule has 2 atom stereocenters. The summed E-state index contributed by atoms with van der Waals surface area (Å²) in [6, 6.07) is 17.7. The first kappa shape index (κ1) is 20.5. The van der Waals surface area contributed by atoms with E-state index < -0.39 is 5.41 Å². The van der Waals surface area contributed by atoms with Crippen LogP contribution in [0.2, 0.25) is 5.02 Å². The van der Waals surface area contributed by atoms with Gasteiger partial charge in [0.05, 0.1) is 28.8 Å². The van der Waals surface area contributed by atoms with Gasteiger partial charge in [0, 0.05) is 17.1 Å². The fraction of sp³-hybridized carbons (Fsp3) is 0.346. The summed E-state index contributed by atoms with van der Waals surface area (Å²) >= 11 is 6.09. The van der Waals surface area contributed by atoms with E-state index in [4.69, 9.17) is 21.8 Å². The van der Waals surface area contributed by atoms with Gasteiger partial charge in [-0.25, -0.2) is 4.68 Å². The van der Waals surface area contributed by atoms with Crippen molar-refractivity contribution in [3.8, 4) is 5.69 Å². The topological polar surface area (TPSA) is 53.7 Å². The zero-order valence-electron chi connectivity index (χ0n) is 18.8. The van der Waals surface area contributed by atoms with Crippen molar-refractivity contribution in [3.63, 3.8) is 0 Å². The molecule has 0 radical (unpaired) electrons. The summed E-state index contributed by atoms with van der Waals surface area (Å²) in [5.41, 5.74) is 4.14. The number of aromatic nitrogens is 2. The van der Waals surface area contributed by atoms with E-state index in [9.17, 15) is 4.79 Å². The molecule has 3 aromatic rings. The van der Waals surface area contributed by atoms with Gasteiger partial charge in [0.25, 0.3) is 5.91 Å². The molecule has 0 unspecified atom stereocenters. The van der Waals surface area contributed by atoms with Crippen LogP contribution in [-0.4, -0.2) is 34.0 Å². The van der Waals surface area contributed by atoms with Gasteiger partial charge in [-0.3, -0.25) is 4.79 Å². The van der Waals surface area contributed by atoms with Gasteiger partial charge in [-0.1, -0.05) is 29.8 Å². The van der Waals surface area contributed by atoms with E-state index in [1.807, 2.05) is 37.3 Å². The molecule has 0 aliphatic carbocycles. The molecule has 0 saturated carbocycles. The van der Waals surface area contributed by atoms with Gasteiger partial charge in [-0.15, -0.1) is 0 Å². The summed E-state index contributed by atoms with van der Waals surface area (Å²) in [5.74, 6) is 1.19. The van der Waals surface area contributed by atoms with E-state index in [1.54, 1.807) is 17.1 Å². The molecule has 6 rings (SSSR count). The molecule has 1 amide bonds. The molecule has 3 aliphatic rings. The fourth-order valence-electron chi connectivity index (χ4n) is 5.87. The maximum atomic E-state index is 14.2. The van der Waals surface area contributed by atoms with Gasteiger partial charge in [0.15, 0.2) is 0 Å². The maximum absolute atomic E-state index is 14.2. The Morgan fingerprint density at radius 1 is 1.00 bits per heavy atom. The summed E-state index contributed by atoms with van der Waals surface area (Å²) in [6.07, 6.45) is 3.81. The molecule has 168 valence electrons. The Labute approximate surface area is 198 Å². The van der Waals surface area contributed by atoms with E-state index >= 15 is 0 Å². The number of hydrazone groups is 1. The van der Waals surface area contributed by atoms with Crippen LogP contribution < -0.4 is 9.91 Å². The minimum atomic E-state index is -0.678. The van der Waals surface area contributed by atoms with Crippen LogP contribution in [0.25, 0.3) is 5.69 Å². The number of benzene rings is 2. The molecule has 4 heterocycles. The quantitative estimate of drug-likeness (QED) is 0.532. The predicted molar refractivity (Wildman–Crippen MR) is 131 cm³/mol. The number of carbonyl (C=O) groups is 1. The van der Waals surface area contributed by atoms with Gasteiger partial charge >= 0.3 is 0 Å².